The molecule has 0 saturated carbocycles. The van der Waals surface area contributed by atoms with Gasteiger partial charge in [-0.3, -0.25) is 14.9 Å². The van der Waals surface area contributed by atoms with Crippen molar-refractivity contribution in [2.45, 2.75) is 18.6 Å². The zero-order valence-corrected chi connectivity index (χ0v) is 17.5. The molecular weight excluding hydrogens is 443 g/mol. The molecule has 0 unspecified atom stereocenters. The van der Waals surface area contributed by atoms with Gasteiger partial charge in [0.25, 0.3) is 5.91 Å². The van der Waals surface area contributed by atoms with Gasteiger partial charge in [-0.05, 0) is 42.3 Å². The van der Waals surface area contributed by atoms with Crippen molar-refractivity contribution in [3.63, 3.8) is 0 Å². The van der Waals surface area contributed by atoms with Crippen LogP contribution < -0.4 is 15.1 Å². The van der Waals surface area contributed by atoms with Crippen LogP contribution in [0.15, 0.2) is 48.5 Å². The first-order valence-corrected chi connectivity index (χ1v) is 11.2. The highest BCUT2D eigenvalue weighted by Crippen LogP contribution is 2.48. The molecule has 2 aromatic rings. The average Bonchev–Trinajstić information content (AvgIpc) is 2.77. The molecule has 1 spiro atoms. The molecule has 2 atom stereocenters. The molecule has 166 valence electrons. The van der Waals surface area contributed by atoms with Crippen molar-refractivity contribution in [3.05, 3.63) is 59.7 Å². The molecule has 0 aromatic heterocycles. The fourth-order valence-corrected chi connectivity index (χ4v) is 6.00. The predicted molar refractivity (Wildman–Crippen MR) is 114 cm³/mol. The quantitative estimate of drug-likeness (QED) is 0.659. The maximum absolute atomic E-state index is 13.9. The van der Waals surface area contributed by atoms with E-state index in [2.05, 4.69) is 5.32 Å². The number of halogens is 3. The molecule has 4 amide bonds. The molecule has 32 heavy (non-hydrogen) atoms. The number of fused-ring (bicyclic) bond motifs is 4. The average molecular weight is 461 g/mol. The van der Waals surface area contributed by atoms with E-state index < -0.39 is 41.0 Å². The lowest BCUT2D eigenvalue weighted by Crippen LogP contribution is -2.73. The number of carbonyl (C=O) groups excluding carboxylic acids is 3. The number of amides is 4. The molecule has 5 rings (SSSR count). The minimum atomic E-state index is -4.55. The molecule has 1 N–H and O–H groups in total. The van der Waals surface area contributed by atoms with E-state index in [0.29, 0.717) is 29.4 Å². The normalized spacial score (nSPS) is 25.5. The zero-order chi connectivity index (χ0) is 22.7. The van der Waals surface area contributed by atoms with Crippen molar-refractivity contribution in [1.29, 1.82) is 0 Å². The Morgan fingerprint density at radius 3 is 2.53 bits per heavy atom. The molecule has 0 aliphatic carbocycles. The number of nitrogens with one attached hydrogen (secondary N) is 1. The predicted octanol–water partition coefficient (Wildman–Crippen LogP) is 3.45. The lowest BCUT2D eigenvalue weighted by Gasteiger charge is -2.53. The Hall–Kier alpha value is -3.01. The van der Waals surface area contributed by atoms with Crippen LogP contribution in [0.4, 0.5) is 29.3 Å². The van der Waals surface area contributed by atoms with Crippen LogP contribution in [-0.4, -0.2) is 41.9 Å². The van der Waals surface area contributed by atoms with Crippen molar-refractivity contribution in [3.8, 4) is 0 Å². The first-order valence-electron chi connectivity index (χ1n) is 10.0. The Bertz CT molecular complexity index is 1120. The molecular formula is C22H18F3N3O3S. The molecule has 2 saturated heterocycles. The number of urea groups is 1. The van der Waals surface area contributed by atoms with Crippen LogP contribution in [0, 0.1) is 5.41 Å². The topological polar surface area (TPSA) is 69.7 Å². The molecule has 3 aliphatic rings. The minimum Gasteiger partial charge on any atom is -0.365 e. The summed E-state index contributed by atoms with van der Waals surface area (Å²) in [5, 5.41) is 2.30. The SMILES string of the molecule is O=C1NC(=O)[C@]2(Cc3cc(C(F)(F)F)ccc3N3CCSC[C@@H]32)C(=O)N1c1ccccc1. The Morgan fingerprint density at radius 2 is 1.81 bits per heavy atom. The number of barbiturate groups is 1. The molecule has 0 radical (unpaired) electrons. The number of anilines is 2. The minimum absolute atomic E-state index is 0.213. The van der Waals surface area contributed by atoms with E-state index in [-0.39, 0.29) is 12.0 Å². The van der Waals surface area contributed by atoms with Gasteiger partial charge in [0.05, 0.1) is 17.3 Å². The van der Waals surface area contributed by atoms with Crippen LogP contribution in [0.1, 0.15) is 11.1 Å². The Labute approximate surface area is 185 Å². The van der Waals surface area contributed by atoms with Gasteiger partial charge in [0.2, 0.25) is 5.91 Å². The summed E-state index contributed by atoms with van der Waals surface area (Å²) in [5.41, 5.74) is -1.39. The van der Waals surface area contributed by atoms with Crippen LogP contribution in [-0.2, 0) is 22.2 Å². The number of hydrogen-bond acceptors (Lipinski definition) is 5. The van der Waals surface area contributed by atoms with E-state index in [4.69, 9.17) is 0 Å². The highest BCUT2D eigenvalue weighted by atomic mass is 32.2. The number of para-hydroxylation sites is 1. The summed E-state index contributed by atoms with van der Waals surface area (Å²) in [4.78, 5) is 42.6. The smallest absolute Gasteiger partial charge is 0.365 e. The summed E-state index contributed by atoms with van der Waals surface area (Å²) >= 11 is 1.57. The lowest BCUT2D eigenvalue weighted by molar-refractivity contribution is -0.144. The van der Waals surface area contributed by atoms with E-state index in [0.717, 1.165) is 17.0 Å². The number of hydrogen-bond donors (Lipinski definition) is 1. The van der Waals surface area contributed by atoms with E-state index >= 15 is 0 Å². The van der Waals surface area contributed by atoms with E-state index in [1.165, 1.54) is 6.07 Å². The third kappa shape index (κ3) is 3.00. The summed E-state index contributed by atoms with van der Waals surface area (Å²) in [5.74, 6) is -0.320. The second-order valence-electron chi connectivity index (χ2n) is 8.01. The highest BCUT2D eigenvalue weighted by molar-refractivity contribution is 7.99. The zero-order valence-electron chi connectivity index (χ0n) is 16.7. The van der Waals surface area contributed by atoms with Gasteiger partial charge in [0.15, 0.2) is 5.41 Å². The van der Waals surface area contributed by atoms with Crippen molar-refractivity contribution in [1.82, 2.24) is 5.32 Å². The van der Waals surface area contributed by atoms with Gasteiger partial charge >= 0.3 is 12.2 Å². The van der Waals surface area contributed by atoms with Gasteiger partial charge in [0.1, 0.15) is 0 Å². The largest absolute Gasteiger partial charge is 0.416 e. The molecule has 2 aromatic carbocycles. The number of thioether (sulfide) groups is 1. The number of benzene rings is 2. The van der Waals surface area contributed by atoms with Gasteiger partial charge in [0, 0.05) is 23.7 Å². The fraction of sp³-hybridized carbons (Fsp3) is 0.318. The number of imide groups is 2. The molecule has 3 aliphatic heterocycles. The first kappa shape index (κ1) is 20.9. The number of carbonyl (C=O) groups is 3. The third-order valence-corrected chi connectivity index (χ3v) is 7.33. The van der Waals surface area contributed by atoms with Crippen molar-refractivity contribution in [2.24, 2.45) is 5.41 Å². The van der Waals surface area contributed by atoms with E-state index in [9.17, 15) is 27.6 Å². The third-order valence-electron chi connectivity index (χ3n) is 6.31. The molecule has 3 heterocycles. The van der Waals surface area contributed by atoms with E-state index in [1.807, 2.05) is 4.90 Å². The summed E-state index contributed by atoms with van der Waals surface area (Å²) < 4.78 is 40.2. The molecule has 2 fully saturated rings. The van der Waals surface area contributed by atoms with Crippen molar-refractivity contribution < 1.29 is 27.6 Å². The monoisotopic (exact) mass is 461 g/mol. The second-order valence-corrected chi connectivity index (χ2v) is 9.16. The number of rotatable bonds is 1. The second kappa shape index (κ2) is 7.26. The Balaban J connectivity index is 1.67. The van der Waals surface area contributed by atoms with Crippen LogP contribution >= 0.6 is 11.8 Å². The van der Waals surface area contributed by atoms with Crippen molar-refractivity contribution >= 4 is 41.0 Å². The Kier molecular flexibility index (Phi) is 4.74. The molecule has 0 bridgehead atoms. The van der Waals surface area contributed by atoms with Gasteiger partial charge in [-0.2, -0.15) is 24.9 Å². The maximum atomic E-state index is 13.9. The summed E-state index contributed by atoms with van der Waals surface area (Å²) in [6.07, 6.45) is -4.77. The first-order chi connectivity index (χ1) is 15.2. The summed E-state index contributed by atoms with van der Waals surface area (Å²) in [6.45, 7) is 0.481. The van der Waals surface area contributed by atoms with Crippen molar-refractivity contribution in [2.75, 3.05) is 27.9 Å². The number of alkyl halides is 3. The van der Waals surface area contributed by atoms with Gasteiger partial charge in [-0.15, -0.1) is 0 Å². The number of nitrogens with zero attached hydrogens (tertiary/aromatic N) is 2. The van der Waals surface area contributed by atoms with Gasteiger partial charge < -0.3 is 4.90 Å². The lowest BCUT2D eigenvalue weighted by atomic mass is 9.68. The molecule has 6 nitrogen and oxygen atoms in total. The van der Waals surface area contributed by atoms with Crippen LogP contribution in [0.5, 0.6) is 0 Å². The van der Waals surface area contributed by atoms with Gasteiger partial charge in [-0.25, -0.2) is 9.69 Å². The Morgan fingerprint density at radius 1 is 1.06 bits per heavy atom. The molecule has 10 heteroatoms. The summed E-state index contributed by atoms with van der Waals surface area (Å²) in [7, 11) is 0. The standard InChI is InChI=1S/C22H18F3N3O3S/c23-22(24,25)14-6-7-16-13(10-14)11-21(17-12-32-9-8-27(16)17)18(29)26-20(31)28(19(21)30)15-4-2-1-3-5-15/h1-7,10,17H,8-9,11-12H2,(H,26,29,31)/t17-,21-/m1/s1. The fourth-order valence-electron chi connectivity index (χ4n) is 4.82. The van der Waals surface area contributed by atoms with Gasteiger partial charge in [-0.1, -0.05) is 18.2 Å². The van der Waals surface area contributed by atoms with Crippen LogP contribution in [0.3, 0.4) is 0 Å². The van der Waals surface area contributed by atoms with E-state index in [1.54, 1.807) is 42.1 Å². The highest BCUT2D eigenvalue weighted by Gasteiger charge is 2.62. The summed E-state index contributed by atoms with van der Waals surface area (Å²) in [6, 6.07) is 10.2. The van der Waals surface area contributed by atoms with Crippen LogP contribution in [0.2, 0.25) is 0 Å². The maximum Gasteiger partial charge on any atom is 0.416 e. The van der Waals surface area contributed by atoms with Crippen LogP contribution in [0.25, 0.3) is 0 Å².